The molecule has 0 aliphatic rings. The van der Waals surface area contributed by atoms with Crippen molar-refractivity contribution in [2.45, 2.75) is 40.3 Å². The molecule has 0 unspecified atom stereocenters. The number of amides is 2. The van der Waals surface area contributed by atoms with Crippen molar-refractivity contribution >= 4 is 52.0 Å². The Morgan fingerprint density at radius 3 is 2.56 bits per heavy atom. The number of halogens is 1. The van der Waals surface area contributed by atoms with Crippen molar-refractivity contribution in [2.24, 2.45) is 11.7 Å². The summed E-state index contributed by atoms with van der Waals surface area (Å²) in [6.07, 6.45) is 0. The number of rotatable bonds is 6. The smallest absolute Gasteiger partial charge is 0.243 e. The topological polar surface area (TPSA) is 97.1 Å². The van der Waals surface area contributed by atoms with Crippen molar-refractivity contribution in [3.05, 3.63) is 21.9 Å². The molecule has 25 heavy (non-hydrogen) atoms. The van der Waals surface area contributed by atoms with Crippen LogP contribution in [0.25, 0.3) is 10.6 Å². The summed E-state index contributed by atoms with van der Waals surface area (Å²) in [5.74, 6) is -0.205. The number of nitrogens with zero attached hydrogens (tertiary/aromatic N) is 1. The van der Waals surface area contributed by atoms with Gasteiger partial charge < -0.3 is 16.4 Å². The number of hydrogen-bond donors (Lipinski definition) is 3. The van der Waals surface area contributed by atoms with Gasteiger partial charge in [0.25, 0.3) is 0 Å². The van der Waals surface area contributed by atoms with Crippen LogP contribution in [0.15, 0.2) is 12.1 Å². The molecule has 2 aromatic heterocycles. The molecule has 1 atom stereocenters. The van der Waals surface area contributed by atoms with Gasteiger partial charge in [-0.15, -0.1) is 35.1 Å². The second-order valence-corrected chi connectivity index (χ2v) is 8.23. The number of thiophene rings is 1. The first kappa shape index (κ1) is 21.6. The van der Waals surface area contributed by atoms with Crippen LogP contribution in [0.5, 0.6) is 0 Å². The third-order valence-electron chi connectivity index (χ3n) is 3.45. The maximum atomic E-state index is 12.1. The summed E-state index contributed by atoms with van der Waals surface area (Å²) in [5, 5.41) is 6.13. The highest BCUT2D eigenvalue weighted by Crippen LogP contribution is 2.34. The van der Waals surface area contributed by atoms with E-state index in [2.05, 4.69) is 15.6 Å². The van der Waals surface area contributed by atoms with Crippen molar-refractivity contribution < 1.29 is 9.59 Å². The number of aromatic nitrogens is 1. The van der Waals surface area contributed by atoms with E-state index < -0.39 is 6.04 Å². The van der Waals surface area contributed by atoms with E-state index in [1.165, 1.54) is 18.3 Å². The Morgan fingerprint density at radius 1 is 1.28 bits per heavy atom. The Bertz CT molecular complexity index is 742. The lowest BCUT2D eigenvalue weighted by molar-refractivity contribution is -0.119. The van der Waals surface area contributed by atoms with Gasteiger partial charge in [-0.2, -0.15) is 0 Å². The minimum absolute atomic E-state index is 0. The van der Waals surface area contributed by atoms with Crippen molar-refractivity contribution in [1.82, 2.24) is 10.3 Å². The average molecular weight is 403 g/mol. The lowest BCUT2D eigenvalue weighted by Gasteiger charge is -2.13. The summed E-state index contributed by atoms with van der Waals surface area (Å²) < 4.78 is 0. The summed E-state index contributed by atoms with van der Waals surface area (Å²) in [7, 11) is 0. The average Bonchev–Trinajstić information content (AvgIpc) is 3.10. The Kier molecular flexibility index (Phi) is 8.01. The van der Waals surface area contributed by atoms with Crippen LogP contribution in [0.4, 0.5) is 5.13 Å². The van der Waals surface area contributed by atoms with Crippen LogP contribution >= 0.6 is 35.1 Å². The molecule has 0 saturated heterocycles. The highest BCUT2D eigenvalue weighted by Gasteiger charge is 2.20. The predicted molar refractivity (Wildman–Crippen MR) is 106 cm³/mol. The summed E-state index contributed by atoms with van der Waals surface area (Å²) in [5.41, 5.74) is 6.71. The fraction of sp³-hybridized carbons (Fsp3) is 0.438. The molecule has 0 radical (unpaired) electrons. The third kappa shape index (κ3) is 5.78. The van der Waals surface area contributed by atoms with E-state index in [1.54, 1.807) is 11.3 Å². The van der Waals surface area contributed by atoms with E-state index in [-0.39, 0.29) is 30.1 Å². The number of thiazole rings is 1. The van der Waals surface area contributed by atoms with Gasteiger partial charge in [-0.3, -0.25) is 9.59 Å². The predicted octanol–water partition coefficient (Wildman–Crippen LogP) is 3.16. The molecular formula is C16H23ClN4O2S2. The molecule has 2 rings (SSSR count). The lowest BCUT2D eigenvalue weighted by Crippen LogP contribution is -2.39. The van der Waals surface area contributed by atoms with Gasteiger partial charge in [0, 0.05) is 16.7 Å². The summed E-state index contributed by atoms with van der Waals surface area (Å²) in [4.78, 5) is 30.7. The Hall–Kier alpha value is -1.48. The van der Waals surface area contributed by atoms with Crippen molar-refractivity contribution in [2.75, 3.05) is 5.32 Å². The number of nitrogens with two attached hydrogens (primary N) is 1. The zero-order valence-corrected chi connectivity index (χ0v) is 17.0. The SMILES string of the molecule is CC(=O)NCc1ccc(-c2nc(NC(=O)[C@@H](N)C(C)C)sc2C)s1.Cl. The van der Waals surface area contributed by atoms with Crippen LogP contribution in [0.3, 0.4) is 0 Å². The van der Waals surface area contributed by atoms with Gasteiger partial charge in [0.2, 0.25) is 11.8 Å². The van der Waals surface area contributed by atoms with E-state index in [0.29, 0.717) is 11.7 Å². The number of carbonyl (C=O) groups is 2. The number of nitrogens with one attached hydrogen (secondary N) is 2. The van der Waals surface area contributed by atoms with Crippen molar-refractivity contribution in [3.8, 4) is 10.6 Å². The Labute approximate surface area is 161 Å². The summed E-state index contributed by atoms with van der Waals surface area (Å²) >= 11 is 3.01. The Balaban J connectivity index is 0.00000312. The van der Waals surface area contributed by atoms with Gasteiger partial charge >= 0.3 is 0 Å². The molecule has 6 nitrogen and oxygen atoms in total. The molecule has 0 bridgehead atoms. The largest absolute Gasteiger partial charge is 0.351 e. The summed E-state index contributed by atoms with van der Waals surface area (Å²) in [6, 6.07) is 3.40. The zero-order chi connectivity index (χ0) is 17.9. The first-order valence-electron chi connectivity index (χ1n) is 7.65. The van der Waals surface area contributed by atoms with Crippen molar-refractivity contribution in [1.29, 1.82) is 0 Å². The zero-order valence-electron chi connectivity index (χ0n) is 14.6. The van der Waals surface area contributed by atoms with Crippen LogP contribution in [0.2, 0.25) is 0 Å². The standard InChI is InChI=1S/C16H22N4O2S2.ClH/c1-8(2)13(17)15(22)20-16-19-14(9(3)23-16)12-6-5-11(24-12)7-18-10(4)21;/h5-6,8,13H,7,17H2,1-4H3,(H,18,21)(H,19,20,22);1H/t13-;/m0./s1. The van der Waals surface area contributed by atoms with Crippen LogP contribution < -0.4 is 16.4 Å². The molecule has 0 fully saturated rings. The molecule has 2 heterocycles. The molecule has 9 heteroatoms. The summed E-state index contributed by atoms with van der Waals surface area (Å²) in [6.45, 7) is 7.79. The van der Waals surface area contributed by atoms with Crippen molar-refractivity contribution in [3.63, 3.8) is 0 Å². The molecule has 0 aliphatic heterocycles. The van der Waals surface area contributed by atoms with Gasteiger partial charge in [-0.05, 0) is 25.0 Å². The molecule has 0 spiro atoms. The molecule has 138 valence electrons. The van der Waals surface area contributed by atoms with Gasteiger partial charge in [-0.1, -0.05) is 13.8 Å². The van der Waals surface area contributed by atoms with Gasteiger partial charge in [0.1, 0.15) is 0 Å². The second-order valence-electron chi connectivity index (χ2n) is 5.86. The molecule has 0 saturated carbocycles. The Morgan fingerprint density at radius 2 is 1.96 bits per heavy atom. The van der Waals surface area contributed by atoms with Gasteiger partial charge in [0.05, 0.1) is 23.2 Å². The molecule has 0 aliphatic carbocycles. The lowest BCUT2D eigenvalue weighted by atomic mass is 10.1. The number of aryl methyl sites for hydroxylation is 1. The van der Waals surface area contributed by atoms with Crippen LogP contribution in [0.1, 0.15) is 30.5 Å². The van der Waals surface area contributed by atoms with Gasteiger partial charge in [0.15, 0.2) is 5.13 Å². The quantitative estimate of drug-likeness (QED) is 0.691. The molecule has 4 N–H and O–H groups in total. The minimum atomic E-state index is -0.552. The van der Waals surface area contributed by atoms with E-state index in [9.17, 15) is 9.59 Å². The molecule has 2 amide bonds. The van der Waals surface area contributed by atoms with Crippen LogP contribution in [-0.2, 0) is 16.1 Å². The molecule has 2 aromatic rings. The van der Waals surface area contributed by atoms with Crippen LogP contribution in [0, 0.1) is 12.8 Å². The highest BCUT2D eigenvalue weighted by atomic mass is 35.5. The molecule has 0 aromatic carbocycles. The maximum absolute atomic E-state index is 12.1. The number of anilines is 1. The molecular weight excluding hydrogens is 380 g/mol. The fourth-order valence-electron chi connectivity index (χ4n) is 1.98. The van der Waals surface area contributed by atoms with E-state index in [0.717, 1.165) is 20.3 Å². The number of carbonyl (C=O) groups excluding carboxylic acids is 2. The number of hydrogen-bond acceptors (Lipinski definition) is 6. The third-order valence-corrected chi connectivity index (χ3v) is 5.43. The first-order chi connectivity index (χ1) is 11.3. The normalized spacial score (nSPS) is 11.8. The van der Waals surface area contributed by atoms with Gasteiger partial charge in [-0.25, -0.2) is 4.98 Å². The monoisotopic (exact) mass is 402 g/mol. The van der Waals surface area contributed by atoms with Crippen LogP contribution in [-0.4, -0.2) is 22.8 Å². The first-order valence-corrected chi connectivity index (χ1v) is 9.28. The minimum Gasteiger partial charge on any atom is -0.351 e. The van der Waals surface area contributed by atoms with E-state index in [4.69, 9.17) is 5.73 Å². The maximum Gasteiger partial charge on any atom is 0.243 e. The highest BCUT2D eigenvalue weighted by molar-refractivity contribution is 7.18. The second kappa shape index (κ2) is 9.28. The van der Waals surface area contributed by atoms with E-state index in [1.807, 2.05) is 32.9 Å². The van der Waals surface area contributed by atoms with E-state index >= 15 is 0 Å². The fourth-order valence-corrected chi connectivity index (χ4v) is 3.87.